The number of pyridine rings is 1. The van der Waals surface area contributed by atoms with Crippen LogP contribution in [0.5, 0.6) is 0 Å². The van der Waals surface area contributed by atoms with Crippen molar-refractivity contribution in [2.75, 3.05) is 25.0 Å². The molecule has 1 saturated heterocycles. The fourth-order valence-corrected chi connectivity index (χ4v) is 6.49. The Labute approximate surface area is 234 Å². The molecule has 1 aliphatic carbocycles. The average molecular weight is 546 g/mol. The standard InChI is InChI=1S/C31H37F2N7/c1-5-39-12-10-21(11-13-39)28(20-6-7-20)22-8-9-27(34-16-22)37-31-35-17-25(33)29(38-31)23-14-24(32)30-26(15-23)40(18(2)3)19(4)36-30/h8-9,14-18,20-21,28H,5-7,10-13H2,1-4H3,(H,34,35,37,38). The quantitative estimate of drug-likeness (QED) is 0.256. The van der Waals surface area contributed by atoms with E-state index in [9.17, 15) is 4.39 Å². The van der Waals surface area contributed by atoms with Gasteiger partial charge in [0.15, 0.2) is 11.6 Å². The van der Waals surface area contributed by atoms with Gasteiger partial charge in [-0.3, -0.25) is 0 Å². The molecular formula is C31H37F2N7. The van der Waals surface area contributed by atoms with Gasteiger partial charge in [0.05, 0.1) is 11.7 Å². The molecule has 1 saturated carbocycles. The molecule has 40 heavy (non-hydrogen) atoms. The summed E-state index contributed by atoms with van der Waals surface area (Å²) in [7, 11) is 0. The number of imidazole rings is 1. The highest BCUT2D eigenvalue weighted by molar-refractivity contribution is 5.83. The second-order valence-corrected chi connectivity index (χ2v) is 11.6. The average Bonchev–Trinajstić information content (AvgIpc) is 3.72. The molecule has 0 amide bonds. The molecule has 1 aliphatic heterocycles. The van der Waals surface area contributed by atoms with Gasteiger partial charge in [0, 0.05) is 17.8 Å². The van der Waals surface area contributed by atoms with Crippen molar-refractivity contribution in [1.82, 2.24) is 29.4 Å². The number of nitrogens with one attached hydrogen (secondary N) is 1. The van der Waals surface area contributed by atoms with Gasteiger partial charge < -0.3 is 14.8 Å². The van der Waals surface area contributed by atoms with Crippen molar-refractivity contribution in [3.8, 4) is 11.3 Å². The lowest BCUT2D eigenvalue weighted by molar-refractivity contribution is 0.168. The van der Waals surface area contributed by atoms with Gasteiger partial charge in [-0.1, -0.05) is 13.0 Å². The summed E-state index contributed by atoms with van der Waals surface area (Å²) in [6.07, 6.45) is 8.17. The number of piperidine rings is 1. The number of nitrogens with zero attached hydrogens (tertiary/aromatic N) is 6. The first-order chi connectivity index (χ1) is 19.3. The zero-order chi connectivity index (χ0) is 28.0. The minimum atomic E-state index is -0.624. The summed E-state index contributed by atoms with van der Waals surface area (Å²) in [5, 5.41) is 3.11. The Hall–Kier alpha value is -3.46. The summed E-state index contributed by atoms with van der Waals surface area (Å²) in [6, 6.07) is 7.21. The number of rotatable bonds is 8. The van der Waals surface area contributed by atoms with Crippen LogP contribution in [0.15, 0.2) is 36.7 Å². The maximum Gasteiger partial charge on any atom is 0.229 e. The Balaban J connectivity index is 1.24. The monoisotopic (exact) mass is 545 g/mol. The minimum Gasteiger partial charge on any atom is -0.326 e. The maximum atomic E-state index is 15.0. The number of fused-ring (bicyclic) bond motifs is 1. The fraction of sp³-hybridized carbons (Fsp3) is 0.484. The van der Waals surface area contributed by atoms with Crippen LogP contribution in [0.4, 0.5) is 20.5 Å². The van der Waals surface area contributed by atoms with Gasteiger partial charge in [-0.05, 0) is 108 Å². The topological polar surface area (TPSA) is 71.8 Å². The Morgan fingerprint density at radius 2 is 1.70 bits per heavy atom. The number of aryl methyl sites for hydroxylation is 1. The summed E-state index contributed by atoms with van der Waals surface area (Å²) >= 11 is 0. The zero-order valence-corrected chi connectivity index (χ0v) is 23.7. The van der Waals surface area contributed by atoms with Gasteiger partial charge in [-0.15, -0.1) is 0 Å². The van der Waals surface area contributed by atoms with Crippen molar-refractivity contribution in [1.29, 1.82) is 0 Å². The maximum absolute atomic E-state index is 15.0. The van der Waals surface area contributed by atoms with Gasteiger partial charge in [0.25, 0.3) is 0 Å². The first-order valence-corrected chi connectivity index (χ1v) is 14.5. The highest BCUT2D eigenvalue weighted by Crippen LogP contribution is 2.49. The summed E-state index contributed by atoms with van der Waals surface area (Å²) in [4.78, 5) is 20.1. The van der Waals surface area contributed by atoms with Crippen LogP contribution in [0.1, 0.15) is 69.8 Å². The first-order valence-electron chi connectivity index (χ1n) is 14.5. The predicted octanol–water partition coefficient (Wildman–Crippen LogP) is 7.02. The van der Waals surface area contributed by atoms with E-state index in [1.165, 1.54) is 50.4 Å². The predicted molar refractivity (Wildman–Crippen MR) is 154 cm³/mol. The van der Waals surface area contributed by atoms with Crippen LogP contribution in [-0.4, -0.2) is 49.0 Å². The van der Waals surface area contributed by atoms with Crippen LogP contribution in [0, 0.1) is 30.4 Å². The van der Waals surface area contributed by atoms with Crippen molar-refractivity contribution < 1.29 is 8.78 Å². The normalized spacial score (nSPS) is 17.6. The van der Waals surface area contributed by atoms with E-state index in [4.69, 9.17) is 0 Å². The molecule has 4 aromatic rings. The Kier molecular flexibility index (Phi) is 7.25. The van der Waals surface area contributed by atoms with Crippen molar-refractivity contribution in [2.45, 2.75) is 65.3 Å². The Morgan fingerprint density at radius 1 is 0.950 bits per heavy atom. The van der Waals surface area contributed by atoms with E-state index in [1.807, 2.05) is 37.6 Å². The van der Waals surface area contributed by atoms with Crippen molar-refractivity contribution in [2.24, 2.45) is 11.8 Å². The fourth-order valence-electron chi connectivity index (χ4n) is 6.49. The molecule has 6 rings (SSSR count). The number of halogens is 2. The zero-order valence-electron chi connectivity index (χ0n) is 23.7. The van der Waals surface area contributed by atoms with Crippen molar-refractivity contribution in [3.05, 3.63) is 59.7 Å². The molecule has 1 N–H and O–H groups in total. The molecule has 3 aromatic heterocycles. The third-order valence-corrected chi connectivity index (χ3v) is 8.59. The third-order valence-electron chi connectivity index (χ3n) is 8.59. The van der Waals surface area contributed by atoms with Gasteiger partial charge in [-0.25, -0.2) is 28.7 Å². The Morgan fingerprint density at radius 3 is 2.35 bits per heavy atom. The van der Waals surface area contributed by atoms with Gasteiger partial charge in [0.2, 0.25) is 5.95 Å². The molecule has 1 aromatic carbocycles. The molecule has 0 radical (unpaired) electrons. The molecule has 2 fully saturated rings. The number of anilines is 2. The van der Waals surface area contributed by atoms with Crippen LogP contribution < -0.4 is 5.32 Å². The van der Waals surface area contributed by atoms with Crippen LogP contribution >= 0.6 is 0 Å². The first kappa shape index (κ1) is 26.7. The summed E-state index contributed by atoms with van der Waals surface area (Å²) in [5.41, 5.74) is 2.53. The lowest BCUT2D eigenvalue weighted by atomic mass is 9.77. The number of hydrogen-bond donors (Lipinski definition) is 1. The van der Waals surface area contributed by atoms with Crippen molar-refractivity contribution >= 4 is 22.8 Å². The van der Waals surface area contributed by atoms with E-state index in [-0.39, 0.29) is 23.2 Å². The van der Waals surface area contributed by atoms with E-state index in [0.717, 1.165) is 18.7 Å². The molecule has 9 heteroatoms. The molecule has 1 unspecified atom stereocenters. The SMILES string of the molecule is CCN1CCC(C(c2ccc(Nc3ncc(F)c(-c4cc(F)c5nc(C)n(C(C)C)c5c4)n3)nc2)C2CC2)CC1. The van der Waals surface area contributed by atoms with E-state index in [0.29, 0.717) is 34.6 Å². The van der Waals surface area contributed by atoms with Crippen LogP contribution in [-0.2, 0) is 0 Å². The smallest absolute Gasteiger partial charge is 0.229 e. The molecule has 210 valence electrons. The van der Waals surface area contributed by atoms with E-state index < -0.39 is 11.6 Å². The van der Waals surface area contributed by atoms with Crippen LogP contribution in [0.3, 0.4) is 0 Å². The number of aromatic nitrogens is 5. The summed E-state index contributed by atoms with van der Waals surface area (Å²) in [5.74, 6) is 2.39. The molecule has 7 nitrogen and oxygen atoms in total. The lowest BCUT2D eigenvalue weighted by Crippen LogP contribution is -2.35. The highest BCUT2D eigenvalue weighted by atomic mass is 19.1. The largest absolute Gasteiger partial charge is 0.326 e. The summed E-state index contributed by atoms with van der Waals surface area (Å²) < 4.78 is 31.9. The number of hydrogen-bond acceptors (Lipinski definition) is 6. The van der Waals surface area contributed by atoms with Crippen molar-refractivity contribution in [3.63, 3.8) is 0 Å². The minimum absolute atomic E-state index is 0.0244. The summed E-state index contributed by atoms with van der Waals surface area (Å²) in [6.45, 7) is 11.6. The second kappa shape index (κ2) is 10.8. The van der Waals surface area contributed by atoms with E-state index in [2.05, 4.69) is 43.1 Å². The third kappa shape index (κ3) is 5.19. The lowest BCUT2D eigenvalue weighted by Gasteiger charge is -2.36. The van der Waals surface area contributed by atoms with E-state index in [1.54, 1.807) is 6.07 Å². The molecule has 1 atom stereocenters. The molecule has 0 spiro atoms. The molecular weight excluding hydrogens is 508 g/mol. The van der Waals surface area contributed by atoms with Gasteiger partial charge in [-0.2, -0.15) is 0 Å². The van der Waals surface area contributed by atoms with Gasteiger partial charge >= 0.3 is 0 Å². The second-order valence-electron chi connectivity index (χ2n) is 11.6. The van der Waals surface area contributed by atoms with Gasteiger partial charge in [0.1, 0.15) is 22.9 Å². The molecule has 0 bridgehead atoms. The Bertz CT molecular complexity index is 1500. The molecule has 4 heterocycles. The number of benzene rings is 1. The van der Waals surface area contributed by atoms with Crippen LogP contribution in [0.2, 0.25) is 0 Å². The number of likely N-dealkylation sites (tertiary alicyclic amines) is 1. The highest BCUT2D eigenvalue weighted by Gasteiger charge is 2.38. The molecule has 2 aliphatic rings. The van der Waals surface area contributed by atoms with E-state index >= 15 is 4.39 Å². The van der Waals surface area contributed by atoms with Crippen LogP contribution in [0.25, 0.3) is 22.3 Å².